The van der Waals surface area contributed by atoms with Crippen molar-refractivity contribution in [1.29, 1.82) is 0 Å². The molecule has 2 aromatic carbocycles. The van der Waals surface area contributed by atoms with Gasteiger partial charge in [-0.3, -0.25) is 14.9 Å². The fourth-order valence-corrected chi connectivity index (χ4v) is 4.59. The summed E-state index contributed by atoms with van der Waals surface area (Å²) >= 11 is 6.21. The van der Waals surface area contributed by atoms with Crippen LogP contribution in [0.4, 0.5) is 11.4 Å². The topological polar surface area (TPSA) is 109 Å². The van der Waals surface area contributed by atoms with Crippen molar-refractivity contribution in [1.82, 2.24) is 5.32 Å². The van der Waals surface area contributed by atoms with Crippen LogP contribution in [0.2, 0.25) is 5.02 Å². The number of aliphatic hydroxyl groups excluding tert-OH is 1. The number of carbonyl (C=O) groups excluding carboxylic acids is 2. The normalized spacial score (nSPS) is 25.1. The van der Waals surface area contributed by atoms with Crippen molar-refractivity contribution >= 4 is 34.8 Å². The van der Waals surface area contributed by atoms with Gasteiger partial charge in [0.05, 0.1) is 31.9 Å². The Balaban J connectivity index is 1.75. The third kappa shape index (κ3) is 3.50. The molecule has 1 fully saturated rings. The molecule has 0 unspecified atom stereocenters. The zero-order chi connectivity index (χ0) is 22.3. The van der Waals surface area contributed by atoms with E-state index in [9.17, 15) is 14.7 Å². The van der Waals surface area contributed by atoms with Gasteiger partial charge in [0.25, 0.3) is 0 Å². The van der Waals surface area contributed by atoms with Crippen LogP contribution in [0, 0.1) is 5.92 Å². The van der Waals surface area contributed by atoms with E-state index in [1.807, 2.05) is 0 Å². The van der Waals surface area contributed by atoms with Crippen LogP contribution in [0.1, 0.15) is 18.9 Å². The van der Waals surface area contributed by atoms with Gasteiger partial charge >= 0.3 is 0 Å². The van der Waals surface area contributed by atoms with E-state index in [2.05, 4.69) is 16.0 Å². The van der Waals surface area contributed by atoms with Gasteiger partial charge in [0.1, 0.15) is 17.0 Å². The third-order valence-corrected chi connectivity index (χ3v) is 6.24. The molecule has 2 aliphatic rings. The molecule has 164 valence electrons. The van der Waals surface area contributed by atoms with E-state index in [4.69, 9.17) is 21.1 Å². The predicted molar refractivity (Wildman–Crippen MR) is 117 cm³/mol. The average molecular weight is 446 g/mol. The van der Waals surface area contributed by atoms with Crippen LogP contribution in [0.15, 0.2) is 36.4 Å². The zero-order valence-electron chi connectivity index (χ0n) is 17.4. The number of amides is 2. The van der Waals surface area contributed by atoms with Gasteiger partial charge in [-0.15, -0.1) is 0 Å². The molecule has 0 aliphatic carbocycles. The summed E-state index contributed by atoms with van der Waals surface area (Å²) in [5.41, 5.74) is 0.251. The maximum atomic E-state index is 13.5. The first-order chi connectivity index (χ1) is 14.8. The number of nitrogens with one attached hydrogen (secondary N) is 3. The number of fused-ring (bicyclic) bond motifs is 2. The Kier molecular flexibility index (Phi) is 5.55. The Hall–Kier alpha value is -2.81. The van der Waals surface area contributed by atoms with Gasteiger partial charge in [0.15, 0.2) is 0 Å². The quantitative estimate of drug-likeness (QED) is 0.563. The van der Waals surface area contributed by atoms with E-state index in [1.54, 1.807) is 43.3 Å². The molecule has 1 spiro atoms. The molecule has 2 amide bonds. The number of hydrogen-bond acceptors (Lipinski definition) is 6. The molecule has 0 radical (unpaired) electrons. The summed E-state index contributed by atoms with van der Waals surface area (Å²) in [6, 6.07) is 9.67. The van der Waals surface area contributed by atoms with Crippen LogP contribution in [-0.2, 0) is 15.1 Å². The fourth-order valence-electron chi connectivity index (χ4n) is 4.42. The highest BCUT2D eigenvalue weighted by Gasteiger charge is 2.60. The van der Waals surface area contributed by atoms with Gasteiger partial charge < -0.3 is 25.2 Å². The molecule has 1 saturated heterocycles. The number of benzene rings is 2. The number of anilines is 2. The molecule has 31 heavy (non-hydrogen) atoms. The average Bonchev–Trinajstić information content (AvgIpc) is 3.28. The molecule has 2 aromatic rings. The first-order valence-corrected chi connectivity index (χ1v) is 10.3. The van der Waals surface area contributed by atoms with Gasteiger partial charge in [-0.2, -0.15) is 0 Å². The van der Waals surface area contributed by atoms with Gasteiger partial charge in [-0.1, -0.05) is 11.6 Å². The molecule has 8 nitrogen and oxygen atoms in total. The highest BCUT2D eigenvalue weighted by molar-refractivity contribution is 6.31. The van der Waals surface area contributed by atoms with Gasteiger partial charge in [-0.05, 0) is 43.7 Å². The van der Waals surface area contributed by atoms with Crippen molar-refractivity contribution in [2.75, 3.05) is 24.9 Å². The lowest BCUT2D eigenvalue weighted by atomic mass is 9.79. The van der Waals surface area contributed by atoms with Crippen LogP contribution in [-0.4, -0.2) is 43.3 Å². The summed E-state index contributed by atoms with van der Waals surface area (Å²) in [5, 5.41) is 19.6. The van der Waals surface area contributed by atoms with Crippen molar-refractivity contribution in [3.8, 4) is 11.5 Å². The number of halogens is 1. The maximum absolute atomic E-state index is 13.5. The van der Waals surface area contributed by atoms with Crippen LogP contribution >= 0.6 is 11.6 Å². The summed E-state index contributed by atoms with van der Waals surface area (Å²) in [4.78, 5) is 26.7. The van der Waals surface area contributed by atoms with E-state index in [-0.39, 0.29) is 18.2 Å². The maximum Gasteiger partial charge on any atom is 0.250 e. The highest BCUT2D eigenvalue weighted by atomic mass is 35.5. The number of ether oxygens (including phenoxy) is 2. The van der Waals surface area contributed by atoms with E-state index in [0.717, 1.165) is 0 Å². The standard InChI is InChI=1S/C22H24ClN3O5/c1-11(27)17-10-15(20(28)24-18-9-13(30-2)5-7-19(18)31-3)22(26-17)14-8-12(23)4-6-16(14)25-21(22)29/h4-9,11,15,17,26-27H,10H2,1-3H3,(H,24,28)(H,25,29)/t11-,15-,17-,22+/m1/s1. The second-order valence-corrected chi connectivity index (χ2v) is 8.22. The van der Waals surface area contributed by atoms with E-state index in [1.165, 1.54) is 14.2 Å². The lowest BCUT2D eigenvalue weighted by molar-refractivity contribution is -0.130. The van der Waals surface area contributed by atoms with Crippen molar-refractivity contribution in [3.63, 3.8) is 0 Å². The van der Waals surface area contributed by atoms with Crippen molar-refractivity contribution in [2.45, 2.75) is 31.0 Å². The molecule has 4 N–H and O–H groups in total. The van der Waals surface area contributed by atoms with Gasteiger partial charge in [0, 0.05) is 28.4 Å². The molecular weight excluding hydrogens is 422 g/mol. The number of carbonyl (C=O) groups is 2. The lowest BCUT2D eigenvalue weighted by Gasteiger charge is -2.29. The third-order valence-electron chi connectivity index (χ3n) is 6.00. The second-order valence-electron chi connectivity index (χ2n) is 7.79. The van der Waals surface area contributed by atoms with Crippen molar-refractivity contribution < 1.29 is 24.2 Å². The molecule has 0 saturated carbocycles. The van der Waals surface area contributed by atoms with E-state index >= 15 is 0 Å². The monoisotopic (exact) mass is 445 g/mol. The minimum atomic E-state index is -1.35. The van der Waals surface area contributed by atoms with Crippen molar-refractivity contribution in [3.05, 3.63) is 47.0 Å². The van der Waals surface area contributed by atoms with Crippen LogP contribution in [0.5, 0.6) is 11.5 Å². The Bertz CT molecular complexity index is 1040. The van der Waals surface area contributed by atoms with Crippen LogP contribution in [0.25, 0.3) is 0 Å². The number of aliphatic hydroxyl groups is 1. The van der Waals surface area contributed by atoms with Gasteiger partial charge in [0.2, 0.25) is 11.8 Å². The van der Waals surface area contributed by atoms with E-state index in [0.29, 0.717) is 33.5 Å². The number of hydrogen-bond donors (Lipinski definition) is 4. The smallest absolute Gasteiger partial charge is 0.250 e. The molecule has 9 heteroatoms. The minimum absolute atomic E-state index is 0.259. The second kappa shape index (κ2) is 8.03. The first-order valence-electron chi connectivity index (χ1n) is 9.90. The highest BCUT2D eigenvalue weighted by Crippen LogP contribution is 2.48. The molecule has 4 atom stereocenters. The zero-order valence-corrected chi connectivity index (χ0v) is 18.1. The first kappa shape index (κ1) is 21.4. The molecule has 0 bridgehead atoms. The summed E-state index contributed by atoms with van der Waals surface area (Å²) < 4.78 is 10.6. The molecule has 4 rings (SSSR count). The molecular formula is C22H24ClN3O5. The van der Waals surface area contributed by atoms with E-state index < -0.39 is 23.6 Å². The van der Waals surface area contributed by atoms with Crippen LogP contribution < -0.4 is 25.4 Å². The summed E-state index contributed by atoms with van der Waals surface area (Å²) in [5.74, 6) is -0.535. The minimum Gasteiger partial charge on any atom is -0.497 e. The van der Waals surface area contributed by atoms with Crippen molar-refractivity contribution in [2.24, 2.45) is 5.92 Å². The number of methoxy groups -OCH3 is 2. The Morgan fingerprint density at radius 3 is 2.71 bits per heavy atom. The largest absolute Gasteiger partial charge is 0.497 e. The predicted octanol–water partition coefficient (Wildman–Crippen LogP) is 2.50. The summed E-state index contributed by atoms with van der Waals surface area (Å²) in [7, 11) is 3.03. The van der Waals surface area contributed by atoms with Crippen LogP contribution in [0.3, 0.4) is 0 Å². The Morgan fingerprint density at radius 1 is 1.26 bits per heavy atom. The Labute approximate surface area is 184 Å². The van der Waals surface area contributed by atoms with Gasteiger partial charge in [-0.25, -0.2) is 0 Å². The SMILES string of the molecule is COc1ccc(OC)c(NC(=O)[C@H]2C[C@H]([C@@H](C)O)N[C@]23C(=O)Nc2ccc(Cl)cc23)c1. The molecule has 2 aliphatic heterocycles. The fraction of sp³-hybridized carbons (Fsp3) is 0.364. The summed E-state index contributed by atoms with van der Waals surface area (Å²) in [6.07, 6.45) is -0.508. The summed E-state index contributed by atoms with van der Waals surface area (Å²) in [6.45, 7) is 1.63. The number of rotatable bonds is 5. The molecule has 2 heterocycles. The lowest BCUT2D eigenvalue weighted by Crippen LogP contribution is -2.53. The molecule has 0 aromatic heterocycles. The Morgan fingerprint density at radius 2 is 2.03 bits per heavy atom.